The molecule has 0 aliphatic carbocycles. The van der Waals surface area contributed by atoms with Crippen molar-refractivity contribution in [2.24, 2.45) is 5.73 Å². The summed E-state index contributed by atoms with van der Waals surface area (Å²) in [4.78, 5) is 11.3. The van der Waals surface area contributed by atoms with Gasteiger partial charge in [-0.1, -0.05) is 22.0 Å². The number of aromatic hydroxyl groups is 1. The fourth-order valence-corrected chi connectivity index (χ4v) is 1.63. The summed E-state index contributed by atoms with van der Waals surface area (Å²) >= 11 is 3.23. The maximum absolute atomic E-state index is 11.3. The smallest absolute Gasteiger partial charge is 0.323 e. The number of halogens is 1. The van der Waals surface area contributed by atoms with Gasteiger partial charge < -0.3 is 15.6 Å². The summed E-state index contributed by atoms with van der Waals surface area (Å²) in [5, 5.41) is 9.61. The minimum absolute atomic E-state index is 0.120. The number of phenols is 1. The first kappa shape index (κ1) is 13.0. The predicted molar refractivity (Wildman–Crippen MR) is 64.1 cm³/mol. The Morgan fingerprint density at radius 1 is 1.62 bits per heavy atom. The number of nitrogens with two attached hydrogens (primary N) is 1. The molecule has 0 bridgehead atoms. The van der Waals surface area contributed by atoms with Crippen molar-refractivity contribution in [3.05, 3.63) is 28.2 Å². The summed E-state index contributed by atoms with van der Waals surface area (Å²) in [6.45, 7) is 2.03. The van der Waals surface area contributed by atoms with Gasteiger partial charge in [-0.2, -0.15) is 0 Å². The van der Waals surface area contributed by atoms with Crippen molar-refractivity contribution in [1.29, 1.82) is 0 Å². The van der Waals surface area contributed by atoms with Gasteiger partial charge in [-0.15, -0.1) is 0 Å². The molecule has 1 aromatic carbocycles. The lowest BCUT2D eigenvalue weighted by atomic mass is 10.1. The number of hydrogen-bond acceptors (Lipinski definition) is 4. The van der Waals surface area contributed by atoms with Gasteiger partial charge in [-0.25, -0.2) is 0 Å². The molecule has 1 atom stereocenters. The lowest BCUT2D eigenvalue weighted by Crippen LogP contribution is -2.34. The van der Waals surface area contributed by atoms with Gasteiger partial charge in [0, 0.05) is 10.9 Å². The summed E-state index contributed by atoms with van der Waals surface area (Å²) in [5.41, 5.74) is 6.27. The Hall–Kier alpha value is -1.07. The van der Waals surface area contributed by atoms with E-state index in [0.717, 1.165) is 4.47 Å². The summed E-state index contributed by atoms with van der Waals surface area (Å²) < 4.78 is 5.56. The van der Waals surface area contributed by atoms with Gasteiger partial charge >= 0.3 is 5.97 Å². The molecule has 1 aromatic rings. The number of carbonyl (C=O) groups is 1. The molecule has 1 rings (SSSR count). The molecule has 0 aromatic heterocycles. The summed E-state index contributed by atoms with van der Waals surface area (Å²) in [6, 6.07) is 4.32. The lowest BCUT2D eigenvalue weighted by molar-refractivity contribution is -0.144. The number of carbonyl (C=O) groups excluding carboxylic acids is 1. The molecular weight excluding hydrogens is 274 g/mol. The molecule has 0 saturated carbocycles. The standard InChI is InChI=1S/C11H14BrNO3/c1-2-16-11(15)9(13)5-7-3-4-8(12)6-10(7)14/h3-4,6,9,14H,2,5,13H2,1H3. The number of esters is 1. The third-order valence-electron chi connectivity index (χ3n) is 2.08. The van der Waals surface area contributed by atoms with Crippen LogP contribution in [0, 0.1) is 0 Å². The van der Waals surface area contributed by atoms with Crippen molar-refractivity contribution in [3.8, 4) is 5.75 Å². The van der Waals surface area contributed by atoms with Crippen molar-refractivity contribution in [1.82, 2.24) is 0 Å². The van der Waals surface area contributed by atoms with Crippen molar-refractivity contribution >= 4 is 21.9 Å². The van der Waals surface area contributed by atoms with Crippen LogP contribution in [-0.4, -0.2) is 23.7 Å². The van der Waals surface area contributed by atoms with Crippen LogP contribution in [0.5, 0.6) is 5.75 Å². The number of hydrogen-bond donors (Lipinski definition) is 2. The van der Waals surface area contributed by atoms with Gasteiger partial charge in [0.15, 0.2) is 0 Å². The number of benzene rings is 1. The molecule has 4 nitrogen and oxygen atoms in total. The number of rotatable bonds is 4. The maximum atomic E-state index is 11.3. The molecule has 1 unspecified atom stereocenters. The van der Waals surface area contributed by atoms with Crippen LogP contribution in [0.3, 0.4) is 0 Å². The third-order valence-corrected chi connectivity index (χ3v) is 2.57. The minimum atomic E-state index is -0.743. The molecular formula is C11H14BrNO3. The van der Waals surface area contributed by atoms with Crippen LogP contribution >= 0.6 is 15.9 Å². The van der Waals surface area contributed by atoms with E-state index in [2.05, 4.69) is 15.9 Å². The van der Waals surface area contributed by atoms with Crippen molar-refractivity contribution in [2.45, 2.75) is 19.4 Å². The average Bonchev–Trinajstić information content (AvgIpc) is 2.22. The summed E-state index contributed by atoms with van der Waals surface area (Å²) in [5.74, 6) is -0.334. The molecule has 0 amide bonds. The summed E-state index contributed by atoms with van der Waals surface area (Å²) in [7, 11) is 0. The molecule has 3 N–H and O–H groups in total. The Bertz CT molecular complexity index is 381. The zero-order valence-electron chi connectivity index (χ0n) is 8.94. The van der Waals surface area contributed by atoms with Gasteiger partial charge in [0.25, 0.3) is 0 Å². The van der Waals surface area contributed by atoms with E-state index in [1.807, 2.05) is 0 Å². The molecule has 0 spiro atoms. The fraction of sp³-hybridized carbons (Fsp3) is 0.364. The van der Waals surface area contributed by atoms with Crippen LogP contribution < -0.4 is 5.73 Å². The van der Waals surface area contributed by atoms with E-state index in [9.17, 15) is 9.90 Å². The van der Waals surface area contributed by atoms with Gasteiger partial charge in [0.05, 0.1) is 6.61 Å². The highest BCUT2D eigenvalue weighted by atomic mass is 79.9. The van der Waals surface area contributed by atoms with Crippen LogP contribution in [0.2, 0.25) is 0 Å². The zero-order chi connectivity index (χ0) is 12.1. The zero-order valence-corrected chi connectivity index (χ0v) is 10.5. The Morgan fingerprint density at radius 3 is 2.88 bits per heavy atom. The van der Waals surface area contributed by atoms with Crippen molar-refractivity contribution in [2.75, 3.05) is 6.61 Å². The molecule has 0 radical (unpaired) electrons. The highest BCUT2D eigenvalue weighted by Crippen LogP contribution is 2.23. The first-order valence-corrected chi connectivity index (χ1v) is 5.73. The third kappa shape index (κ3) is 3.50. The Labute approximate surface area is 103 Å². The molecule has 16 heavy (non-hydrogen) atoms. The van der Waals surface area contributed by atoms with Gasteiger partial charge in [-0.3, -0.25) is 4.79 Å². The highest BCUT2D eigenvalue weighted by molar-refractivity contribution is 9.10. The highest BCUT2D eigenvalue weighted by Gasteiger charge is 2.16. The van der Waals surface area contributed by atoms with Crippen LogP contribution in [0.15, 0.2) is 22.7 Å². The SMILES string of the molecule is CCOC(=O)C(N)Cc1ccc(Br)cc1O. The molecule has 0 aliphatic rings. The van der Waals surface area contributed by atoms with Crippen LogP contribution in [0.25, 0.3) is 0 Å². The van der Waals surface area contributed by atoms with Crippen LogP contribution in [0.4, 0.5) is 0 Å². The van der Waals surface area contributed by atoms with E-state index in [0.29, 0.717) is 12.2 Å². The quantitative estimate of drug-likeness (QED) is 0.825. The first-order chi connectivity index (χ1) is 7.54. The largest absolute Gasteiger partial charge is 0.508 e. The molecule has 0 aliphatic heterocycles. The van der Waals surface area contributed by atoms with E-state index in [4.69, 9.17) is 10.5 Å². The van der Waals surface area contributed by atoms with Crippen LogP contribution in [-0.2, 0) is 16.0 Å². The van der Waals surface area contributed by atoms with E-state index >= 15 is 0 Å². The van der Waals surface area contributed by atoms with E-state index in [1.165, 1.54) is 0 Å². The second-order valence-corrected chi connectivity index (χ2v) is 4.25. The Kier molecular flexibility index (Phi) is 4.76. The average molecular weight is 288 g/mol. The topological polar surface area (TPSA) is 72.5 Å². The molecule has 0 heterocycles. The minimum Gasteiger partial charge on any atom is -0.508 e. The lowest BCUT2D eigenvalue weighted by Gasteiger charge is -2.11. The fourth-order valence-electron chi connectivity index (χ4n) is 1.28. The first-order valence-electron chi connectivity index (χ1n) is 4.94. The summed E-state index contributed by atoms with van der Waals surface area (Å²) in [6.07, 6.45) is 0.262. The van der Waals surface area contributed by atoms with E-state index in [1.54, 1.807) is 25.1 Å². The second-order valence-electron chi connectivity index (χ2n) is 3.34. The van der Waals surface area contributed by atoms with E-state index in [-0.39, 0.29) is 12.2 Å². The molecule has 0 fully saturated rings. The maximum Gasteiger partial charge on any atom is 0.323 e. The molecule has 5 heteroatoms. The van der Waals surface area contributed by atoms with Gasteiger partial charge in [-0.05, 0) is 24.6 Å². The van der Waals surface area contributed by atoms with Crippen LogP contribution in [0.1, 0.15) is 12.5 Å². The van der Waals surface area contributed by atoms with Gasteiger partial charge in [0.1, 0.15) is 11.8 Å². The van der Waals surface area contributed by atoms with Crippen molar-refractivity contribution < 1.29 is 14.6 Å². The van der Waals surface area contributed by atoms with E-state index < -0.39 is 12.0 Å². The molecule has 88 valence electrons. The van der Waals surface area contributed by atoms with Crippen molar-refractivity contribution in [3.63, 3.8) is 0 Å². The molecule has 0 saturated heterocycles. The Balaban J connectivity index is 2.69. The Morgan fingerprint density at radius 2 is 2.31 bits per heavy atom. The monoisotopic (exact) mass is 287 g/mol. The normalized spacial score (nSPS) is 12.2. The van der Waals surface area contributed by atoms with Gasteiger partial charge in [0.2, 0.25) is 0 Å². The predicted octanol–water partition coefficient (Wildman–Crippen LogP) is 1.59. The number of phenolic OH excluding ortho intramolecular Hbond substituents is 1. The second kappa shape index (κ2) is 5.86. The number of ether oxygens (including phenoxy) is 1.